The van der Waals surface area contributed by atoms with Gasteiger partial charge in [-0.1, -0.05) is 101 Å². The highest BCUT2D eigenvalue weighted by molar-refractivity contribution is 5.91. The number of benzene rings is 4. The number of unbranched alkanes of at least 4 members (excludes halogenated alkanes) is 6. The van der Waals surface area contributed by atoms with Gasteiger partial charge in [0.05, 0.1) is 36.2 Å². The summed E-state index contributed by atoms with van der Waals surface area (Å²) in [5, 5.41) is 0. The Morgan fingerprint density at radius 2 is 0.759 bits per heavy atom. The zero-order chi connectivity index (χ0) is 38.7. The maximum Gasteiger partial charge on any atom is 0.338 e. The van der Waals surface area contributed by atoms with Crippen LogP contribution in [-0.4, -0.2) is 36.1 Å². The van der Waals surface area contributed by atoms with Crippen molar-refractivity contribution in [3.05, 3.63) is 108 Å². The molecule has 0 unspecified atom stereocenters. The first-order valence-corrected chi connectivity index (χ1v) is 19.4. The van der Waals surface area contributed by atoms with E-state index in [0.29, 0.717) is 22.6 Å². The van der Waals surface area contributed by atoms with Crippen LogP contribution in [0.1, 0.15) is 125 Å². The molecule has 4 aromatic carbocycles. The normalized spacial score (nSPS) is 12.0. The molecule has 2 atom stereocenters. The summed E-state index contributed by atoms with van der Waals surface area (Å²) >= 11 is 0. The predicted molar refractivity (Wildman–Crippen MR) is 212 cm³/mol. The van der Waals surface area contributed by atoms with E-state index in [-0.39, 0.29) is 37.0 Å². The summed E-state index contributed by atoms with van der Waals surface area (Å²) in [6, 6.07) is 28.5. The first kappa shape index (κ1) is 41.5. The molecule has 0 aliphatic carbocycles. The lowest BCUT2D eigenvalue weighted by molar-refractivity contribution is -0.140. The molecule has 0 heterocycles. The molecule has 0 N–H and O–H groups in total. The second kappa shape index (κ2) is 22.1. The van der Waals surface area contributed by atoms with Crippen molar-refractivity contribution in [2.75, 3.05) is 0 Å². The Kier molecular flexibility index (Phi) is 17.0. The van der Waals surface area contributed by atoms with Crippen molar-refractivity contribution < 1.29 is 38.1 Å². The average Bonchev–Trinajstić information content (AvgIpc) is 3.18. The summed E-state index contributed by atoms with van der Waals surface area (Å²) in [6.07, 6.45) is 10.3. The Balaban J connectivity index is 1.17. The number of carbonyl (C=O) groups excluding carboxylic acids is 4. The molecule has 4 aromatic rings. The van der Waals surface area contributed by atoms with Gasteiger partial charge >= 0.3 is 23.9 Å². The van der Waals surface area contributed by atoms with Crippen molar-refractivity contribution in [3.63, 3.8) is 0 Å². The average molecular weight is 735 g/mol. The lowest BCUT2D eigenvalue weighted by atomic mass is 10.0. The second-order valence-electron chi connectivity index (χ2n) is 13.8. The van der Waals surface area contributed by atoms with E-state index < -0.39 is 11.9 Å². The van der Waals surface area contributed by atoms with Gasteiger partial charge in [0.2, 0.25) is 0 Å². The predicted octanol–water partition coefficient (Wildman–Crippen LogP) is 11.3. The summed E-state index contributed by atoms with van der Waals surface area (Å²) < 4.78 is 22.1. The quantitative estimate of drug-likeness (QED) is 0.0473. The minimum absolute atomic E-state index is 0.122. The smallest absolute Gasteiger partial charge is 0.338 e. The standard InChI is InChI=1S/C46H54O8/c1-5-7-9-11-13-33(3)51-45(49)39-19-15-35(16-20-39)37-23-27-41(28-24-37)53-43(47)31-32-44(48)54-42-29-25-38(26-30-42)36-17-21-40(22-18-36)46(50)52-34(4)14-12-10-8-6-2/h15-30,33-34H,5-14,31-32H2,1-4H3/t33-,34-/m0/s1. The molecule has 0 saturated heterocycles. The molecule has 8 heteroatoms. The Labute approximate surface area is 320 Å². The minimum atomic E-state index is -0.550. The highest BCUT2D eigenvalue weighted by Crippen LogP contribution is 2.26. The third-order valence-corrected chi connectivity index (χ3v) is 9.16. The zero-order valence-corrected chi connectivity index (χ0v) is 32.1. The maximum atomic E-state index is 12.6. The van der Waals surface area contributed by atoms with Gasteiger partial charge in [-0.25, -0.2) is 9.59 Å². The van der Waals surface area contributed by atoms with Crippen LogP contribution in [0.15, 0.2) is 97.1 Å². The number of hydrogen-bond acceptors (Lipinski definition) is 8. The summed E-state index contributed by atoms with van der Waals surface area (Å²) in [5.74, 6) is -1.04. The van der Waals surface area contributed by atoms with Gasteiger partial charge < -0.3 is 18.9 Å². The minimum Gasteiger partial charge on any atom is -0.459 e. The molecule has 4 rings (SSSR count). The van der Waals surface area contributed by atoms with Gasteiger partial charge in [-0.15, -0.1) is 0 Å². The zero-order valence-electron chi connectivity index (χ0n) is 32.1. The van der Waals surface area contributed by atoms with Crippen LogP contribution in [-0.2, 0) is 19.1 Å². The first-order valence-electron chi connectivity index (χ1n) is 19.4. The van der Waals surface area contributed by atoms with Crippen LogP contribution in [0.2, 0.25) is 0 Å². The van der Waals surface area contributed by atoms with E-state index in [2.05, 4.69) is 13.8 Å². The third-order valence-electron chi connectivity index (χ3n) is 9.16. The fraction of sp³-hybridized carbons (Fsp3) is 0.391. The van der Waals surface area contributed by atoms with Gasteiger partial charge in [0.1, 0.15) is 11.5 Å². The Bertz CT molecular complexity index is 1630. The summed E-state index contributed by atoms with van der Waals surface area (Å²) in [6.45, 7) is 8.20. The molecular weight excluding hydrogens is 680 g/mol. The molecule has 8 nitrogen and oxygen atoms in total. The van der Waals surface area contributed by atoms with E-state index in [0.717, 1.165) is 60.8 Å². The van der Waals surface area contributed by atoms with Crippen molar-refractivity contribution >= 4 is 23.9 Å². The van der Waals surface area contributed by atoms with Crippen molar-refractivity contribution in [1.82, 2.24) is 0 Å². The molecule has 54 heavy (non-hydrogen) atoms. The molecule has 0 radical (unpaired) electrons. The molecule has 0 aliphatic rings. The Morgan fingerprint density at radius 3 is 1.07 bits per heavy atom. The van der Waals surface area contributed by atoms with Crippen molar-refractivity contribution in [2.24, 2.45) is 0 Å². The number of hydrogen-bond donors (Lipinski definition) is 0. The second-order valence-corrected chi connectivity index (χ2v) is 13.8. The molecule has 0 aromatic heterocycles. The van der Waals surface area contributed by atoms with E-state index in [9.17, 15) is 19.2 Å². The van der Waals surface area contributed by atoms with Crippen LogP contribution in [0, 0.1) is 0 Å². The van der Waals surface area contributed by atoms with Gasteiger partial charge in [-0.2, -0.15) is 0 Å². The molecular formula is C46H54O8. The molecule has 0 bridgehead atoms. The molecule has 286 valence electrons. The van der Waals surface area contributed by atoms with E-state index in [1.807, 2.05) is 62.4 Å². The number of esters is 4. The van der Waals surface area contributed by atoms with Gasteiger partial charge in [0.25, 0.3) is 0 Å². The van der Waals surface area contributed by atoms with E-state index in [4.69, 9.17) is 18.9 Å². The van der Waals surface area contributed by atoms with Gasteiger partial charge in [0, 0.05) is 0 Å². The van der Waals surface area contributed by atoms with Crippen molar-refractivity contribution in [2.45, 2.75) is 117 Å². The molecule has 0 fully saturated rings. The summed E-state index contributed by atoms with van der Waals surface area (Å²) in [5.41, 5.74) is 4.59. The third kappa shape index (κ3) is 14.0. The molecule has 0 aliphatic heterocycles. The molecule has 0 spiro atoms. The highest BCUT2D eigenvalue weighted by atomic mass is 16.6. The fourth-order valence-corrected chi connectivity index (χ4v) is 5.93. The molecule has 0 amide bonds. The monoisotopic (exact) mass is 734 g/mol. The Morgan fingerprint density at radius 1 is 0.444 bits per heavy atom. The van der Waals surface area contributed by atoms with Gasteiger partial charge in [-0.05, 0) is 110 Å². The van der Waals surface area contributed by atoms with Crippen LogP contribution in [0.3, 0.4) is 0 Å². The summed E-state index contributed by atoms with van der Waals surface area (Å²) in [4.78, 5) is 50.0. The number of rotatable bonds is 21. The summed E-state index contributed by atoms with van der Waals surface area (Å²) in [7, 11) is 0. The van der Waals surface area contributed by atoms with Crippen molar-refractivity contribution in [3.8, 4) is 33.8 Å². The van der Waals surface area contributed by atoms with Crippen LogP contribution < -0.4 is 9.47 Å². The largest absolute Gasteiger partial charge is 0.459 e. The van der Waals surface area contributed by atoms with Crippen LogP contribution >= 0.6 is 0 Å². The Hall–Kier alpha value is -5.24. The maximum absolute atomic E-state index is 12.6. The lowest BCUT2D eigenvalue weighted by Gasteiger charge is -2.13. The van der Waals surface area contributed by atoms with Gasteiger partial charge in [-0.3, -0.25) is 9.59 Å². The van der Waals surface area contributed by atoms with Crippen LogP contribution in [0.5, 0.6) is 11.5 Å². The first-order chi connectivity index (χ1) is 26.1. The van der Waals surface area contributed by atoms with E-state index >= 15 is 0 Å². The lowest BCUT2D eigenvalue weighted by Crippen LogP contribution is -2.15. The number of carbonyl (C=O) groups is 4. The van der Waals surface area contributed by atoms with Crippen LogP contribution in [0.4, 0.5) is 0 Å². The van der Waals surface area contributed by atoms with Gasteiger partial charge in [0.15, 0.2) is 0 Å². The van der Waals surface area contributed by atoms with Crippen molar-refractivity contribution in [1.29, 1.82) is 0 Å². The topological polar surface area (TPSA) is 105 Å². The highest BCUT2D eigenvalue weighted by Gasteiger charge is 2.15. The van der Waals surface area contributed by atoms with E-state index in [1.165, 1.54) is 25.7 Å². The van der Waals surface area contributed by atoms with E-state index in [1.54, 1.807) is 48.5 Å². The van der Waals surface area contributed by atoms with Crippen LogP contribution in [0.25, 0.3) is 22.3 Å². The fourth-order valence-electron chi connectivity index (χ4n) is 5.93. The molecule has 0 saturated carbocycles. The number of ether oxygens (including phenoxy) is 4. The SMILES string of the molecule is CCCCCC[C@H](C)OC(=O)c1ccc(-c2ccc(OC(=O)CCC(=O)Oc3ccc(-c4ccc(C(=O)O[C@@H](C)CCCCCC)cc4)cc3)cc2)cc1.